The molecule has 0 fully saturated rings. The van der Waals surface area contributed by atoms with Crippen LogP contribution >= 0.6 is 0 Å². The Morgan fingerprint density at radius 2 is 1.38 bits per heavy atom. The standard InChI is InChI=1S/C18H37NO2/c1-4-7-8-9-10-11-12-13-14-15-16-17(19-5-2)18(20)21-6-3/h17,19H,4-16H2,1-3H3. The van der Waals surface area contributed by atoms with Crippen molar-refractivity contribution >= 4 is 5.97 Å². The molecule has 21 heavy (non-hydrogen) atoms. The first-order valence-electron chi connectivity index (χ1n) is 9.16. The van der Waals surface area contributed by atoms with Gasteiger partial charge in [0.2, 0.25) is 0 Å². The van der Waals surface area contributed by atoms with E-state index in [4.69, 9.17) is 4.74 Å². The van der Waals surface area contributed by atoms with Gasteiger partial charge in [0.25, 0.3) is 0 Å². The highest BCUT2D eigenvalue weighted by Crippen LogP contribution is 2.12. The lowest BCUT2D eigenvalue weighted by molar-refractivity contribution is -0.145. The second-order valence-corrected chi connectivity index (χ2v) is 5.83. The summed E-state index contributed by atoms with van der Waals surface area (Å²) in [6.07, 6.45) is 14.2. The number of unbranched alkanes of at least 4 members (excludes halogenated alkanes) is 9. The second kappa shape index (κ2) is 15.8. The molecule has 0 saturated carbocycles. The third kappa shape index (κ3) is 12.9. The fourth-order valence-corrected chi connectivity index (χ4v) is 2.63. The predicted molar refractivity (Wildman–Crippen MR) is 90.6 cm³/mol. The van der Waals surface area contributed by atoms with Gasteiger partial charge in [-0.2, -0.15) is 0 Å². The van der Waals surface area contributed by atoms with E-state index in [1.54, 1.807) is 0 Å². The minimum absolute atomic E-state index is 0.0877. The topological polar surface area (TPSA) is 38.3 Å². The maximum atomic E-state index is 11.7. The van der Waals surface area contributed by atoms with Gasteiger partial charge in [-0.3, -0.25) is 4.79 Å². The van der Waals surface area contributed by atoms with Crippen LogP contribution in [0.2, 0.25) is 0 Å². The first-order chi connectivity index (χ1) is 10.3. The van der Waals surface area contributed by atoms with Gasteiger partial charge in [0.1, 0.15) is 6.04 Å². The lowest BCUT2D eigenvalue weighted by atomic mass is 10.0. The molecule has 0 aliphatic rings. The summed E-state index contributed by atoms with van der Waals surface area (Å²) in [5.74, 6) is -0.0877. The van der Waals surface area contributed by atoms with Crippen LogP contribution in [0.25, 0.3) is 0 Å². The number of esters is 1. The molecule has 1 atom stereocenters. The monoisotopic (exact) mass is 299 g/mol. The molecule has 0 aliphatic heterocycles. The molecular formula is C18H37NO2. The Balaban J connectivity index is 3.47. The molecule has 3 heteroatoms. The molecule has 0 bridgehead atoms. The average Bonchev–Trinajstić information content (AvgIpc) is 2.48. The Bertz CT molecular complexity index is 231. The van der Waals surface area contributed by atoms with Gasteiger partial charge >= 0.3 is 5.97 Å². The van der Waals surface area contributed by atoms with E-state index in [-0.39, 0.29) is 12.0 Å². The molecule has 1 unspecified atom stereocenters. The van der Waals surface area contributed by atoms with Crippen LogP contribution in [-0.4, -0.2) is 25.2 Å². The van der Waals surface area contributed by atoms with Crippen molar-refractivity contribution in [2.24, 2.45) is 0 Å². The van der Waals surface area contributed by atoms with Crippen molar-refractivity contribution in [3.63, 3.8) is 0 Å². The van der Waals surface area contributed by atoms with E-state index in [2.05, 4.69) is 12.2 Å². The van der Waals surface area contributed by atoms with E-state index in [1.165, 1.54) is 57.8 Å². The van der Waals surface area contributed by atoms with Crippen molar-refractivity contribution in [1.82, 2.24) is 5.32 Å². The van der Waals surface area contributed by atoms with Gasteiger partial charge in [0, 0.05) is 0 Å². The Kier molecular flexibility index (Phi) is 15.4. The van der Waals surface area contributed by atoms with E-state index >= 15 is 0 Å². The number of carbonyl (C=O) groups is 1. The highest BCUT2D eigenvalue weighted by Gasteiger charge is 2.17. The zero-order chi connectivity index (χ0) is 15.8. The van der Waals surface area contributed by atoms with Gasteiger partial charge in [-0.25, -0.2) is 0 Å². The minimum atomic E-state index is -0.107. The normalized spacial score (nSPS) is 12.3. The number of ether oxygens (including phenoxy) is 1. The average molecular weight is 299 g/mol. The molecule has 0 radical (unpaired) electrons. The van der Waals surface area contributed by atoms with Gasteiger partial charge in [-0.15, -0.1) is 0 Å². The van der Waals surface area contributed by atoms with E-state index in [0.29, 0.717) is 6.61 Å². The molecule has 0 heterocycles. The molecule has 0 aromatic rings. The molecule has 0 amide bonds. The van der Waals surface area contributed by atoms with Gasteiger partial charge in [0.15, 0.2) is 0 Å². The fourth-order valence-electron chi connectivity index (χ4n) is 2.63. The van der Waals surface area contributed by atoms with Crippen LogP contribution in [0.1, 0.15) is 91.4 Å². The van der Waals surface area contributed by atoms with E-state index in [9.17, 15) is 4.79 Å². The molecule has 0 spiro atoms. The number of hydrogen-bond donors (Lipinski definition) is 1. The van der Waals surface area contributed by atoms with Gasteiger partial charge < -0.3 is 10.1 Å². The highest BCUT2D eigenvalue weighted by atomic mass is 16.5. The van der Waals surface area contributed by atoms with Crippen LogP contribution in [0, 0.1) is 0 Å². The molecule has 3 nitrogen and oxygen atoms in total. The lowest BCUT2D eigenvalue weighted by Gasteiger charge is -2.15. The van der Waals surface area contributed by atoms with Gasteiger partial charge in [-0.1, -0.05) is 78.1 Å². The van der Waals surface area contributed by atoms with Crippen molar-refractivity contribution in [2.75, 3.05) is 13.2 Å². The van der Waals surface area contributed by atoms with Crippen LogP contribution in [-0.2, 0) is 9.53 Å². The number of rotatable bonds is 15. The van der Waals surface area contributed by atoms with Crippen LogP contribution < -0.4 is 5.32 Å². The summed E-state index contributed by atoms with van der Waals surface area (Å²) in [4.78, 5) is 11.7. The van der Waals surface area contributed by atoms with Crippen LogP contribution in [0.15, 0.2) is 0 Å². The molecule has 0 aliphatic carbocycles. The van der Waals surface area contributed by atoms with Crippen molar-refractivity contribution in [3.05, 3.63) is 0 Å². The minimum Gasteiger partial charge on any atom is -0.465 e. The zero-order valence-corrected chi connectivity index (χ0v) is 14.6. The van der Waals surface area contributed by atoms with E-state index < -0.39 is 0 Å². The van der Waals surface area contributed by atoms with Crippen LogP contribution in [0.4, 0.5) is 0 Å². The third-order valence-electron chi connectivity index (χ3n) is 3.87. The van der Waals surface area contributed by atoms with Crippen molar-refractivity contribution in [2.45, 2.75) is 97.4 Å². The molecule has 0 rings (SSSR count). The molecule has 0 aromatic heterocycles. The molecule has 0 aromatic carbocycles. The Morgan fingerprint density at radius 1 is 0.857 bits per heavy atom. The maximum absolute atomic E-state index is 11.7. The maximum Gasteiger partial charge on any atom is 0.323 e. The van der Waals surface area contributed by atoms with E-state index in [1.807, 2.05) is 13.8 Å². The SMILES string of the molecule is CCCCCCCCCCCCC(NCC)C(=O)OCC. The van der Waals surface area contributed by atoms with E-state index in [0.717, 1.165) is 19.4 Å². The number of carbonyl (C=O) groups excluding carboxylic acids is 1. The fraction of sp³-hybridized carbons (Fsp3) is 0.944. The summed E-state index contributed by atoms with van der Waals surface area (Å²) >= 11 is 0. The highest BCUT2D eigenvalue weighted by molar-refractivity contribution is 5.75. The first-order valence-corrected chi connectivity index (χ1v) is 9.16. The zero-order valence-electron chi connectivity index (χ0n) is 14.6. The molecule has 1 N–H and O–H groups in total. The quantitative estimate of drug-likeness (QED) is 0.347. The van der Waals surface area contributed by atoms with Crippen LogP contribution in [0.3, 0.4) is 0 Å². The summed E-state index contributed by atoms with van der Waals surface area (Å²) in [6, 6.07) is -0.107. The number of likely N-dealkylation sites (N-methyl/N-ethyl adjacent to an activating group) is 1. The summed E-state index contributed by atoms with van der Waals surface area (Å²) in [7, 11) is 0. The summed E-state index contributed by atoms with van der Waals surface area (Å²) in [5.41, 5.74) is 0. The molecule has 0 saturated heterocycles. The Hall–Kier alpha value is -0.570. The second-order valence-electron chi connectivity index (χ2n) is 5.83. The molecule has 126 valence electrons. The van der Waals surface area contributed by atoms with Gasteiger partial charge in [0.05, 0.1) is 6.61 Å². The predicted octanol–water partition coefficient (Wildman–Crippen LogP) is 4.84. The number of nitrogens with one attached hydrogen (secondary N) is 1. The number of hydrogen-bond acceptors (Lipinski definition) is 3. The summed E-state index contributed by atoms with van der Waals surface area (Å²) in [6.45, 7) is 7.45. The third-order valence-corrected chi connectivity index (χ3v) is 3.87. The van der Waals surface area contributed by atoms with Crippen LogP contribution in [0.5, 0.6) is 0 Å². The molecular weight excluding hydrogens is 262 g/mol. The van der Waals surface area contributed by atoms with Crippen molar-refractivity contribution < 1.29 is 9.53 Å². The largest absolute Gasteiger partial charge is 0.465 e. The summed E-state index contributed by atoms with van der Waals surface area (Å²) in [5, 5.41) is 3.22. The summed E-state index contributed by atoms with van der Waals surface area (Å²) < 4.78 is 5.10. The smallest absolute Gasteiger partial charge is 0.323 e. The van der Waals surface area contributed by atoms with Gasteiger partial charge in [-0.05, 0) is 19.9 Å². The Labute approximate surface area is 132 Å². The lowest BCUT2D eigenvalue weighted by Crippen LogP contribution is -2.37. The first kappa shape index (κ1) is 20.4. The Morgan fingerprint density at radius 3 is 1.86 bits per heavy atom. The van der Waals surface area contributed by atoms with Crippen molar-refractivity contribution in [1.29, 1.82) is 0 Å². The van der Waals surface area contributed by atoms with Crippen molar-refractivity contribution in [3.8, 4) is 0 Å².